The lowest BCUT2D eigenvalue weighted by molar-refractivity contribution is -0.120. The summed E-state index contributed by atoms with van der Waals surface area (Å²) in [7, 11) is 0. The van der Waals surface area contributed by atoms with E-state index in [9.17, 15) is 9.59 Å². The van der Waals surface area contributed by atoms with Gasteiger partial charge in [-0.15, -0.1) is 0 Å². The van der Waals surface area contributed by atoms with Crippen LogP contribution in [0.4, 0.5) is 16.2 Å². The molecule has 5 heteroatoms. The van der Waals surface area contributed by atoms with Crippen LogP contribution in [0.2, 0.25) is 0 Å². The average Bonchev–Trinajstić information content (AvgIpc) is 2.87. The van der Waals surface area contributed by atoms with Crippen molar-refractivity contribution in [2.24, 2.45) is 5.92 Å². The van der Waals surface area contributed by atoms with E-state index in [0.29, 0.717) is 13.1 Å². The van der Waals surface area contributed by atoms with Crippen molar-refractivity contribution in [3.05, 3.63) is 24.3 Å². The summed E-state index contributed by atoms with van der Waals surface area (Å²) in [5.74, 6) is 0.112. The minimum atomic E-state index is -0.0705. The molecule has 1 heterocycles. The van der Waals surface area contributed by atoms with Crippen molar-refractivity contribution in [3.63, 3.8) is 0 Å². The van der Waals surface area contributed by atoms with E-state index in [1.807, 2.05) is 38.1 Å². The Kier molecular flexibility index (Phi) is 4.61. The molecule has 0 aliphatic carbocycles. The molecule has 2 N–H and O–H groups in total. The number of anilines is 2. The Morgan fingerprint density at radius 2 is 1.95 bits per heavy atom. The van der Waals surface area contributed by atoms with Gasteiger partial charge in [-0.25, -0.2) is 4.79 Å². The summed E-state index contributed by atoms with van der Waals surface area (Å²) in [6.45, 7) is 5.38. The normalized spacial score (nSPS) is 14.6. The second-order valence-corrected chi connectivity index (χ2v) is 4.93. The topological polar surface area (TPSA) is 61.4 Å². The summed E-state index contributed by atoms with van der Waals surface area (Å²) in [5.41, 5.74) is 1.62. The van der Waals surface area contributed by atoms with Gasteiger partial charge in [-0.3, -0.25) is 9.69 Å². The molecule has 0 unspecified atom stereocenters. The Labute approximate surface area is 119 Å². The highest BCUT2D eigenvalue weighted by atomic mass is 16.2. The molecule has 20 heavy (non-hydrogen) atoms. The average molecular weight is 275 g/mol. The third kappa shape index (κ3) is 3.10. The van der Waals surface area contributed by atoms with Crippen molar-refractivity contribution in [3.8, 4) is 0 Å². The number of amides is 3. The molecule has 5 nitrogen and oxygen atoms in total. The molecule has 0 saturated carbocycles. The Balaban J connectivity index is 2.01. The molecule has 1 saturated heterocycles. The number of nitrogens with one attached hydrogen (secondary N) is 2. The number of benzene rings is 1. The zero-order chi connectivity index (χ0) is 14.5. The van der Waals surface area contributed by atoms with Crippen LogP contribution in [0.3, 0.4) is 0 Å². The first kappa shape index (κ1) is 14.4. The lowest BCUT2D eigenvalue weighted by Gasteiger charge is -2.16. The number of carbonyl (C=O) groups excluding carboxylic acids is 2. The maximum atomic E-state index is 12.0. The quantitative estimate of drug-likeness (QED) is 0.867. The van der Waals surface area contributed by atoms with Crippen LogP contribution in [0, 0.1) is 5.92 Å². The van der Waals surface area contributed by atoms with Gasteiger partial charge >= 0.3 is 6.03 Å². The van der Waals surface area contributed by atoms with Gasteiger partial charge in [0.2, 0.25) is 5.91 Å². The molecule has 1 aliphatic rings. The van der Waals surface area contributed by atoms with Crippen molar-refractivity contribution in [2.75, 3.05) is 23.3 Å². The van der Waals surface area contributed by atoms with Gasteiger partial charge in [0.15, 0.2) is 0 Å². The van der Waals surface area contributed by atoms with Gasteiger partial charge in [-0.1, -0.05) is 13.8 Å². The summed E-state index contributed by atoms with van der Waals surface area (Å²) in [4.78, 5) is 25.2. The van der Waals surface area contributed by atoms with Gasteiger partial charge < -0.3 is 10.6 Å². The summed E-state index contributed by atoms with van der Waals surface area (Å²) < 4.78 is 0. The summed E-state index contributed by atoms with van der Waals surface area (Å²) in [5, 5.41) is 5.68. The van der Waals surface area contributed by atoms with E-state index in [-0.39, 0.29) is 17.9 Å². The zero-order valence-electron chi connectivity index (χ0n) is 12.0. The van der Waals surface area contributed by atoms with Crippen molar-refractivity contribution >= 4 is 23.3 Å². The van der Waals surface area contributed by atoms with Crippen molar-refractivity contribution in [1.29, 1.82) is 0 Å². The van der Waals surface area contributed by atoms with Gasteiger partial charge in [0.1, 0.15) is 0 Å². The molecule has 3 amide bonds. The highest BCUT2D eigenvalue weighted by Crippen LogP contribution is 2.20. The van der Waals surface area contributed by atoms with Gasteiger partial charge in [-0.05, 0) is 37.1 Å². The number of rotatable bonds is 5. The maximum Gasteiger partial charge on any atom is 0.321 e. The van der Waals surface area contributed by atoms with Crippen LogP contribution in [-0.2, 0) is 4.79 Å². The fourth-order valence-corrected chi connectivity index (χ4v) is 2.35. The van der Waals surface area contributed by atoms with Crippen molar-refractivity contribution < 1.29 is 9.59 Å². The zero-order valence-corrected chi connectivity index (χ0v) is 12.0. The van der Waals surface area contributed by atoms with Crippen molar-refractivity contribution in [2.45, 2.75) is 26.7 Å². The van der Waals surface area contributed by atoms with Gasteiger partial charge in [0, 0.05) is 30.4 Å². The first-order valence-corrected chi connectivity index (χ1v) is 7.12. The van der Waals surface area contributed by atoms with Crippen molar-refractivity contribution in [1.82, 2.24) is 5.32 Å². The first-order chi connectivity index (χ1) is 9.65. The van der Waals surface area contributed by atoms with E-state index in [0.717, 1.165) is 24.2 Å². The number of hydrogen-bond acceptors (Lipinski definition) is 2. The van der Waals surface area contributed by atoms with E-state index in [1.165, 1.54) is 0 Å². The number of carbonyl (C=O) groups is 2. The summed E-state index contributed by atoms with van der Waals surface area (Å²) in [6.07, 6.45) is 1.68. The van der Waals surface area contributed by atoms with Crippen LogP contribution >= 0.6 is 0 Å². The molecule has 2 rings (SSSR count). The van der Waals surface area contributed by atoms with Gasteiger partial charge in [0.05, 0.1) is 0 Å². The van der Waals surface area contributed by atoms with Crippen LogP contribution in [0.5, 0.6) is 0 Å². The first-order valence-electron chi connectivity index (χ1n) is 7.12. The second kappa shape index (κ2) is 6.41. The van der Waals surface area contributed by atoms with Crippen LogP contribution in [0.15, 0.2) is 24.3 Å². The Hall–Kier alpha value is -2.04. The fourth-order valence-electron chi connectivity index (χ4n) is 2.35. The molecule has 1 aliphatic heterocycles. The minimum Gasteiger partial charge on any atom is -0.336 e. The largest absolute Gasteiger partial charge is 0.336 e. The number of hydrogen-bond donors (Lipinski definition) is 2. The standard InChI is InChI=1S/C15H21N3O2/c1-3-11(4-2)14(19)17-12-5-7-13(8-6-12)18-10-9-16-15(18)20/h5-8,11H,3-4,9-10H2,1-2H3,(H,16,20)(H,17,19). The molecule has 0 radical (unpaired) electrons. The maximum absolute atomic E-state index is 12.0. The molecule has 1 aromatic carbocycles. The highest BCUT2D eigenvalue weighted by molar-refractivity contribution is 5.95. The van der Waals surface area contributed by atoms with E-state index >= 15 is 0 Å². The Morgan fingerprint density at radius 3 is 2.45 bits per heavy atom. The van der Waals surface area contributed by atoms with Gasteiger partial charge in [0.25, 0.3) is 0 Å². The predicted molar refractivity (Wildman–Crippen MR) is 79.9 cm³/mol. The predicted octanol–water partition coefficient (Wildman–Crippen LogP) is 2.59. The molecule has 0 aromatic heterocycles. The molecule has 108 valence electrons. The van der Waals surface area contributed by atoms with E-state index in [2.05, 4.69) is 10.6 Å². The van der Waals surface area contributed by atoms with E-state index < -0.39 is 0 Å². The Morgan fingerprint density at radius 1 is 1.30 bits per heavy atom. The van der Waals surface area contributed by atoms with Gasteiger partial charge in [-0.2, -0.15) is 0 Å². The monoisotopic (exact) mass is 275 g/mol. The lowest BCUT2D eigenvalue weighted by Crippen LogP contribution is -2.27. The fraction of sp³-hybridized carbons (Fsp3) is 0.467. The highest BCUT2D eigenvalue weighted by Gasteiger charge is 2.21. The van der Waals surface area contributed by atoms with Crippen LogP contribution in [0.1, 0.15) is 26.7 Å². The third-order valence-corrected chi connectivity index (χ3v) is 3.66. The lowest BCUT2D eigenvalue weighted by atomic mass is 10.0. The summed E-state index contributed by atoms with van der Waals surface area (Å²) >= 11 is 0. The minimum absolute atomic E-state index is 0.0547. The third-order valence-electron chi connectivity index (χ3n) is 3.66. The molecule has 1 fully saturated rings. The SMILES string of the molecule is CCC(CC)C(=O)Nc1ccc(N2CCNC2=O)cc1. The molecular weight excluding hydrogens is 254 g/mol. The van der Waals surface area contributed by atoms with Crippen LogP contribution in [-0.4, -0.2) is 25.0 Å². The Bertz CT molecular complexity index is 480. The molecule has 0 bridgehead atoms. The van der Waals surface area contributed by atoms with Crippen LogP contribution in [0.25, 0.3) is 0 Å². The van der Waals surface area contributed by atoms with E-state index in [1.54, 1.807) is 4.90 Å². The number of nitrogens with zero attached hydrogens (tertiary/aromatic N) is 1. The summed E-state index contributed by atoms with van der Waals surface area (Å²) in [6, 6.07) is 7.31. The molecule has 0 atom stereocenters. The van der Waals surface area contributed by atoms with Crippen LogP contribution < -0.4 is 15.5 Å². The second-order valence-electron chi connectivity index (χ2n) is 4.93. The van der Waals surface area contributed by atoms with E-state index in [4.69, 9.17) is 0 Å². The molecule has 0 spiro atoms. The molecular formula is C15H21N3O2. The number of urea groups is 1. The smallest absolute Gasteiger partial charge is 0.321 e. The molecule has 1 aromatic rings.